The van der Waals surface area contributed by atoms with E-state index >= 15 is 17.6 Å². The van der Waals surface area contributed by atoms with Gasteiger partial charge in [0.15, 0.2) is 0 Å². The third kappa shape index (κ3) is 4.13. The summed E-state index contributed by atoms with van der Waals surface area (Å²) in [5.74, 6) is -6.92. The van der Waals surface area contributed by atoms with E-state index in [9.17, 15) is 8.42 Å². The van der Waals surface area contributed by atoms with Gasteiger partial charge >= 0.3 is 188 Å². The van der Waals surface area contributed by atoms with E-state index in [1.165, 1.54) is 0 Å². The van der Waals surface area contributed by atoms with Crippen LogP contribution in [0.5, 0.6) is 0 Å². The fraction of sp³-hybridized carbons (Fsp3) is 0.455. The van der Waals surface area contributed by atoms with Crippen LogP contribution in [0.15, 0.2) is 60.7 Å². The van der Waals surface area contributed by atoms with E-state index in [0.29, 0.717) is 26.4 Å². The van der Waals surface area contributed by atoms with Gasteiger partial charge in [-0.3, -0.25) is 0 Å². The van der Waals surface area contributed by atoms with Crippen molar-refractivity contribution in [2.24, 2.45) is 17.8 Å². The molecule has 0 heterocycles. The number of alkyl halides is 4. The molecule has 0 spiro atoms. The molecule has 0 saturated heterocycles. The minimum absolute atomic E-state index is 0.0211. The zero-order valence-corrected chi connectivity index (χ0v) is 19.5. The summed E-state index contributed by atoms with van der Waals surface area (Å²) in [6.45, 7) is 0. The Morgan fingerprint density at radius 3 is 1.90 bits per heavy atom. The van der Waals surface area contributed by atoms with Crippen molar-refractivity contribution in [3.8, 4) is 0 Å². The topological polar surface area (TPSA) is 43.4 Å². The van der Waals surface area contributed by atoms with Crippen molar-refractivity contribution in [2.45, 2.75) is 43.3 Å². The van der Waals surface area contributed by atoms with Crippen LogP contribution in [0.4, 0.5) is 17.6 Å². The Balaban J connectivity index is 1.67. The van der Waals surface area contributed by atoms with Gasteiger partial charge in [0.2, 0.25) is 0 Å². The van der Waals surface area contributed by atoms with Crippen LogP contribution in [0.2, 0.25) is 0 Å². The van der Waals surface area contributed by atoms with Crippen molar-refractivity contribution in [3.05, 3.63) is 67.8 Å². The molecular weight excluding hydrogens is 547 g/mol. The molecule has 170 valence electrons. The summed E-state index contributed by atoms with van der Waals surface area (Å²) in [6, 6.07) is 16.2. The molecule has 0 aliphatic heterocycles. The second kappa shape index (κ2) is 8.62. The predicted molar refractivity (Wildman–Crippen MR) is 118 cm³/mol. The van der Waals surface area contributed by atoms with Crippen molar-refractivity contribution in [2.75, 3.05) is 0 Å². The van der Waals surface area contributed by atoms with Crippen LogP contribution in [0, 0.1) is 24.9 Å². The fourth-order valence-electron chi connectivity index (χ4n) is 4.77. The number of benzene rings is 2. The first kappa shape index (κ1) is 23.0. The molecule has 2 fully saturated rings. The molecular formula is C22H23F4IO3S. The van der Waals surface area contributed by atoms with E-state index in [4.69, 9.17) is 2.51 Å². The van der Waals surface area contributed by atoms with Crippen LogP contribution in [0.3, 0.4) is 0 Å². The summed E-state index contributed by atoms with van der Waals surface area (Å²) in [4.78, 5) is 0. The molecule has 0 radical (unpaired) electrons. The summed E-state index contributed by atoms with van der Waals surface area (Å²) in [6.07, 6.45) is 2.24. The van der Waals surface area contributed by atoms with Gasteiger partial charge in [-0.25, -0.2) is 0 Å². The number of hydrogen-bond acceptors (Lipinski definition) is 3. The predicted octanol–water partition coefficient (Wildman–Crippen LogP) is 6.55. The van der Waals surface area contributed by atoms with Gasteiger partial charge in [0.1, 0.15) is 0 Å². The molecule has 0 bridgehead atoms. The molecule has 2 aliphatic carbocycles. The molecule has 2 saturated carbocycles. The average molecular weight is 570 g/mol. The first-order valence-electron chi connectivity index (χ1n) is 10.2. The van der Waals surface area contributed by atoms with Gasteiger partial charge in [-0.1, -0.05) is 0 Å². The Kier molecular flexibility index (Phi) is 6.39. The van der Waals surface area contributed by atoms with E-state index in [0.717, 1.165) is 6.42 Å². The summed E-state index contributed by atoms with van der Waals surface area (Å²) in [5.41, 5.74) is 0. The summed E-state index contributed by atoms with van der Waals surface area (Å²) in [5, 5.41) is -5.30. The Bertz CT molecular complexity index is 962. The molecule has 0 aromatic heterocycles. The first-order valence-corrected chi connectivity index (χ1v) is 14.6. The van der Waals surface area contributed by atoms with E-state index < -0.39 is 53.4 Å². The van der Waals surface area contributed by atoms with Gasteiger partial charge in [0.25, 0.3) is 0 Å². The maximum absolute atomic E-state index is 15.1. The molecule has 2 aromatic rings. The summed E-state index contributed by atoms with van der Waals surface area (Å²) in [7, 11) is -5.89. The van der Waals surface area contributed by atoms with Crippen molar-refractivity contribution in [1.82, 2.24) is 0 Å². The molecule has 2 aromatic carbocycles. The van der Waals surface area contributed by atoms with E-state index in [2.05, 4.69) is 0 Å². The normalized spacial score (nSPS) is 24.8. The van der Waals surface area contributed by atoms with Gasteiger partial charge in [0, 0.05) is 0 Å². The summed E-state index contributed by atoms with van der Waals surface area (Å²) < 4.78 is 91.6. The van der Waals surface area contributed by atoms with Crippen LogP contribution in [-0.2, 0) is 12.6 Å². The third-order valence-electron chi connectivity index (χ3n) is 6.26. The Morgan fingerprint density at radius 1 is 0.806 bits per heavy atom. The second-order valence-electron chi connectivity index (χ2n) is 8.04. The minimum atomic E-state index is -5.89. The molecule has 4 rings (SSSR count). The monoisotopic (exact) mass is 570 g/mol. The van der Waals surface area contributed by atoms with Gasteiger partial charge in [0.05, 0.1) is 0 Å². The molecule has 3 unspecified atom stereocenters. The maximum atomic E-state index is 15.1. The van der Waals surface area contributed by atoms with Crippen molar-refractivity contribution >= 4 is 30.4 Å². The molecule has 3 nitrogen and oxygen atoms in total. The third-order valence-corrected chi connectivity index (χ3v) is 13.7. The SMILES string of the molecule is O=S(=O)(OI(c1ccccc1)c1ccccc1)C(F)(F)C(F)(F)C1CCC2CCCC21. The van der Waals surface area contributed by atoms with E-state index in [1.807, 2.05) is 0 Å². The van der Waals surface area contributed by atoms with Gasteiger partial charge < -0.3 is 0 Å². The zero-order chi connectivity index (χ0) is 22.3. The van der Waals surface area contributed by atoms with Crippen molar-refractivity contribution in [3.63, 3.8) is 0 Å². The second-order valence-corrected chi connectivity index (χ2v) is 14.6. The molecule has 9 heteroatoms. The van der Waals surface area contributed by atoms with Crippen molar-refractivity contribution in [1.29, 1.82) is 0 Å². The number of fused-ring (bicyclic) bond motifs is 1. The quantitative estimate of drug-likeness (QED) is 0.280. The van der Waals surface area contributed by atoms with E-state index in [1.54, 1.807) is 60.7 Å². The number of hydrogen-bond donors (Lipinski definition) is 0. The van der Waals surface area contributed by atoms with Crippen molar-refractivity contribution < 1.29 is 28.5 Å². The first-order chi connectivity index (χ1) is 14.6. The van der Waals surface area contributed by atoms with Crippen LogP contribution in [-0.4, -0.2) is 19.6 Å². The number of halogens is 5. The Labute approximate surface area is 187 Å². The fourth-order valence-corrected chi connectivity index (χ4v) is 11.8. The van der Waals surface area contributed by atoms with Crippen LogP contribution in [0.25, 0.3) is 0 Å². The standard InChI is InChI=1S/C22H23F4IO3S/c23-21(24,20-15-14-16-8-7-13-19(16)20)22(25,26)31(28,29)30-27(17-9-3-1-4-10-17)18-11-5-2-6-12-18/h1-6,9-12,16,19-20H,7-8,13-15H2. The van der Waals surface area contributed by atoms with Crippen LogP contribution in [0.1, 0.15) is 32.1 Å². The average Bonchev–Trinajstić information content (AvgIpc) is 3.37. The van der Waals surface area contributed by atoms with Crippen LogP contribution >= 0.6 is 20.2 Å². The van der Waals surface area contributed by atoms with Gasteiger partial charge in [-0.15, -0.1) is 0 Å². The molecule has 0 N–H and O–H groups in total. The molecule has 3 atom stereocenters. The van der Waals surface area contributed by atoms with Gasteiger partial charge in [-0.2, -0.15) is 0 Å². The molecule has 31 heavy (non-hydrogen) atoms. The molecule has 2 aliphatic rings. The Morgan fingerprint density at radius 2 is 1.35 bits per heavy atom. The van der Waals surface area contributed by atoms with Crippen LogP contribution < -0.4 is 0 Å². The summed E-state index contributed by atoms with van der Waals surface area (Å²) >= 11 is -3.43. The number of rotatable bonds is 7. The Hall–Kier alpha value is -1.20. The molecule has 0 amide bonds. The van der Waals surface area contributed by atoms with Gasteiger partial charge in [-0.05, 0) is 0 Å². The van der Waals surface area contributed by atoms with E-state index in [-0.39, 0.29) is 12.3 Å². The zero-order valence-electron chi connectivity index (χ0n) is 16.6.